The highest BCUT2D eigenvalue weighted by Gasteiger charge is 2.49. The molecule has 9 heteroatoms. The molecule has 166 valence electrons. The summed E-state index contributed by atoms with van der Waals surface area (Å²) in [5.41, 5.74) is -0.999. The number of fused-ring (bicyclic) bond motifs is 1. The lowest BCUT2D eigenvalue weighted by Gasteiger charge is -2.45. The van der Waals surface area contributed by atoms with Crippen LogP contribution in [0, 0.1) is 5.41 Å². The summed E-state index contributed by atoms with van der Waals surface area (Å²) in [6.07, 6.45) is 2.03. The van der Waals surface area contributed by atoms with Gasteiger partial charge in [-0.2, -0.15) is 0 Å². The van der Waals surface area contributed by atoms with Gasteiger partial charge in [-0.25, -0.2) is 4.79 Å². The number of pyridine rings is 1. The number of carboxylic acids is 1. The molecule has 0 bridgehead atoms. The number of hydrogen-bond donors (Lipinski definition) is 2. The molecule has 1 aromatic heterocycles. The van der Waals surface area contributed by atoms with Crippen molar-refractivity contribution >= 4 is 12.1 Å². The van der Waals surface area contributed by atoms with Gasteiger partial charge in [-0.1, -0.05) is 6.92 Å². The second kappa shape index (κ2) is 8.67. The Morgan fingerprint density at radius 3 is 2.67 bits per heavy atom. The van der Waals surface area contributed by atoms with Gasteiger partial charge in [0.15, 0.2) is 11.5 Å². The molecule has 0 aromatic carbocycles. The van der Waals surface area contributed by atoms with Crippen molar-refractivity contribution in [3.05, 3.63) is 18.0 Å². The summed E-state index contributed by atoms with van der Waals surface area (Å²) in [6, 6.07) is 1.50. The van der Waals surface area contributed by atoms with Crippen molar-refractivity contribution in [3.8, 4) is 11.5 Å². The summed E-state index contributed by atoms with van der Waals surface area (Å²) < 4.78 is 16.5. The Morgan fingerprint density at radius 2 is 2.03 bits per heavy atom. The van der Waals surface area contributed by atoms with E-state index in [1.54, 1.807) is 27.0 Å². The monoisotopic (exact) mass is 421 g/mol. The fraction of sp³-hybridized carbons (Fsp3) is 0.667. The average molecular weight is 421 g/mol. The first-order valence-corrected chi connectivity index (χ1v) is 10.3. The standard InChI is InChI=1S/C21H31N3O6/c1-5-21(18(25)26)13-24(19(27)30-20(2,3)4)7-6-17(21)23-11-14-10-15-16(12-22-14)29-9-8-28-15/h10,12,17,23H,5-9,11,13H2,1-4H3,(H,25,26). The Balaban J connectivity index is 1.71. The zero-order valence-corrected chi connectivity index (χ0v) is 18.1. The summed E-state index contributed by atoms with van der Waals surface area (Å²) in [5, 5.41) is 13.4. The van der Waals surface area contributed by atoms with Crippen molar-refractivity contribution in [2.24, 2.45) is 5.41 Å². The van der Waals surface area contributed by atoms with Gasteiger partial charge in [0.25, 0.3) is 0 Å². The van der Waals surface area contributed by atoms with Crippen molar-refractivity contribution in [2.75, 3.05) is 26.3 Å². The van der Waals surface area contributed by atoms with Crippen molar-refractivity contribution in [1.82, 2.24) is 15.2 Å². The molecule has 30 heavy (non-hydrogen) atoms. The predicted octanol–water partition coefficient (Wildman–Crippen LogP) is 2.43. The topological polar surface area (TPSA) is 110 Å². The first-order chi connectivity index (χ1) is 14.1. The molecular formula is C21H31N3O6. The summed E-state index contributed by atoms with van der Waals surface area (Å²) in [5.74, 6) is 0.336. The van der Waals surface area contributed by atoms with Gasteiger partial charge in [-0.3, -0.25) is 9.78 Å². The fourth-order valence-corrected chi connectivity index (χ4v) is 3.91. The zero-order chi connectivity index (χ0) is 21.9. The fourth-order valence-electron chi connectivity index (χ4n) is 3.91. The minimum atomic E-state index is -1.11. The largest absolute Gasteiger partial charge is 0.486 e. The minimum Gasteiger partial charge on any atom is -0.486 e. The lowest BCUT2D eigenvalue weighted by Crippen LogP contribution is -2.61. The van der Waals surface area contributed by atoms with Gasteiger partial charge in [-0.05, 0) is 33.6 Å². The van der Waals surface area contributed by atoms with E-state index in [0.29, 0.717) is 50.6 Å². The highest BCUT2D eigenvalue weighted by atomic mass is 16.6. The van der Waals surface area contributed by atoms with E-state index in [1.807, 2.05) is 13.0 Å². The van der Waals surface area contributed by atoms with Crippen molar-refractivity contribution in [3.63, 3.8) is 0 Å². The molecule has 1 amide bonds. The number of carbonyl (C=O) groups excluding carboxylic acids is 1. The Labute approximate surface area is 176 Å². The Kier molecular flexibility index (Phi) is 6.40. The molecule has 1 saturated heterocycles. The molecule has 0 saturated carbocycles. The molecular weight excluding hydrogens is 390 g/mol. The number of carbonyl (C=O) groups is 2. The number of aromatic nitrogens is 1. The number of likely N-dealkylation sites (tertiary alicyclic amines) is 1. The number of aliphatic carboxylic acids is 1. The molecule has 3 rings (SSSR count). The van der Waals surface area contributed by atoms with E-state index in [2.05, 4.69) is 10.3 Å². The molecule has 0 spiro atoms. The number of hydrogen-bond acceptors (Lipinski definition) is 7. The number of amides is 1. The van der Waals surface area contributed by atoms with Gasteiger partial charge >= 0.3 is 12.1 Å². The highest BCUT2D eigenvalue weighted by Crippen LogP contribution is 2.35. The van der Waals surface area contributed by atoms with Crippen LogP contribution in [0.25, 0.3) is 0 Å². The molecule has 1 fully saturated rings. The molecule has 2 unspecified atom stereocenters. The summed E-state index contributed by atoms with van der Waals surface area (Å²) in [6.45, 7) is 9.13. The van der Waals surface area contributed by atoms with Gasteiger partial charge in [0, 0.05) is 31.7 Å². The summed E-state index contributed by atoms with van der Waals surface area (Å²) in [4.78, 5) is 30.7. The van der Waals surface area contributed by atoms with Gasteiger partial charge in [0.1, 0.15) is 24.2 Å². The third-order valence-corrected chi connectivity index (χ3v) is 5.55. The highest BCUT2D eigenvalue weighted by molar-refractivity contribution is 5.78. The third kappa shape index (κ3) is 4.77. The molecule has 2 aliphatic heterocycles. The maximum atomic E-state index is 12.5. The van der Waals surface area contributed by atoms with E-state index in [9.17, 15) is 14.7 Å². The maximum absolute atomic E-state index is 12.5. The Bertz CT molecular complexity index is 793. The van der Waals surface area contributed by atoms with Gasteiger partial charge < -0.3 is 29.5 Å². The molecule has 1 aromatic rings. The van der Waals surface area contributed by atoms with E-state index < -0.39 is 23.1 Å². The normalized spacial score (nSPS) is 23.7. The van der Waals surface area contributed by atoms with Crippen LogP contribution < -0.4 is 14.8 Å². The molecule has 2 aliphatic rings. The number of nitrogens with zero attached hydrogens (tertiary/aromatic N) is 2. The summed E-state index contributed by atoms with van der Waals surface area (Å²) >= 11 is 0. The van der Waals surface area contributed by atoms with Gasteiger partial charge in [0.05, 0.1) is 11.9 Å². The van der Waals surface area contributed by atoms with E-state index in [4.69, 9.17) is 14.2 Å². The van der Waals surface area contributed by atoms with Crippen molar-refractivity contribution in [1.29, 1.82) is 0 Å². The van der Waals surface area contributed by atoms with Crippen LogP contribution in [-0.4, -0.2) is 65.0 Å². The van der Waals surface area contributed by atoms with E-state index in [0.717, 1.165) is 5.69 Å². The van der Waals surface area contributed by atoms with Crippen LogP contribution in [0.15, 0.2) is 12.3 Å². The van der Waals surface area contributed by atoms with E-state index in [-0.39, 0.29) is 12.6 Å². The number of carboxylic acid groups (broad SMARTS) is 1. The van der Waals surface area contributed by atoms with Crippen LogP contribution in [0.2, 0.25) is 0 Å². The molecule has 0 radical (unpaired) electrons. The Morgan fingerprint density at radius 1 is 1.33 bits per heavy atom. The minimum absolute atomic E-state index is 0.0972. The lowest BCUT2D eigenvalue weighted by atomic mass is 9.73. The van der Waals surface area contributed by atoms with Crippen LogP contribution in [-0.2, 0) is 16.1 Å². The first-order valence-electron chi connectivity index (χ1n) is 10.3. The lowest BCUT2D eigenvalue weighted by molar-refractivity contribution is -0.154. The number of rotatable bonds is 5. The van der Waals surface area contributed by atoms with Crippen LogP contribution in [0.1, 0.15) is 46.2 Å². The van der Waals surface area contributed by atoms with Crippen LogP contribution in [0.5, 0.6) is 11.5 Å². The number of piperidine rings is 1. The predicted molar refractivity (Wildman–Crippen MR) is 109 cm³/mol. The molecule has 2 N–H and O–H groups in total. The van der Waals surface area contributed by atoms with Crippen LogP contribution in [0.4, 0.5) is 4.79 Å². The van der Waals surface area contributed by atoms with E-state index in [1.165, 1.54) is 4.90 Å². The van der Waals surface area contributed by atoms with Crippen LogP contribution in [0.3, 0.4) is 0 Å². The van der Waals surface area contributed by atoms with Crippen molar-refractivity contribution in [2.45, 2.75) is 58.7 Å². The molecule has 0 aliphatic carbocycles. The smallest absolute Gasteiger partial charge is 0.410 e. The SMILES string of the molecule is CCC1(C(=O)O)CN(C(=O)OC(C)(C)C)CCC1NCc1cc2c(cn1)OCCO2. The number of ether oxygens (including phenoxy) is 3. The maximum Gasteiger partial charge on any atom is 0.410 e. The van der Waals surface area contributed by atoms with Crippen molar-refractivity contribution < 1.29 is 28.9 Å². The third-order valence-electron chi connectivity index (χ3n) is 5.55. The quantitative estimate of drug-likeness (QED) is 0.746. The summed E-state index contributed by atoms with van der Waals surface area (Å²) in [7, 11) is 0. The Hall–Kier alpha value is -2.55. The average Bonchev–Trinajstić information content (AvgIpc) is 2.70. The van der Waals surface area contributed by atoms with Gasteiger partial charge in [-0.15, -0.1) is 0 Å². The van der Waals surface area contributed by atoms with Gasteiger partial charge in [0.2, 0.25) is 0 Å². The molecule has 2 atom stereocenters. The van der Waals surface area contributed by atoms with Crippen LogP contribution >= 0.6 is 0 Å². The second-order valence-corrected chi connectivity index (χ2v) is 8.76. The van der Waals surface area contributed by atoms with E-state index >= 15 is 0 Å². The number of nitrogens with one attached hydrogen (secondary N) is 1. The zero-order valence-electron chi connectivity index (χ0n) is 18.1. The first kappa shape index (κ1) is 22.1. The molecule has 3 heterocycles. The molecule has 9 nitrogen and oxygen atoms in total. The second-order valence-electron chi connectivity index (χ2n) is 8.76.